The second-order valence-electron chi connectivity index (χ2n) is 3.43. The average Bonchev–Trinajstić information content (AvgIpc) is 2.36. The minimum absolute atomic E-state index is 0.105. The molecule has 1 amide bonds. The predicted octanol–water partition coefficient (Wildman–Crippen LogP) is 0.595. The largest absolute Gasteiger partial charge is 0.293 e. The Bertz CT molecular complexity index is 533. The van der Waals surface area contributed by atoms with Gasteiger partial charge in [0.1, 0.15) is 6.54 Å². The van der Waals surface area contributed by atoms with Gasteiger partial charge in [0.2, 0.25) is 10.0 Å². The summed E-state index contributed by atoms with van der Waals surface area (Å²) in [7, 11) is -3.55. The number of hydrogen-bond acceptors (Lipinski definition) is 4. The molecule has 0 aliphatic rings. The number of sulfonamides is 1. The third-order valence-electron chi connectivity index (χ3n) is 2.27. The van der Waals surface area contributed by atoms with E-state index in [1.165, 1.54) is 6.92 Å². The molecular formula is C10H14BrN3O3S. The number of anilines is 1. The van der Waals surface area contributed by atoms with Crippen LogP contribution in [0, 0.1) is 0 Å². The number of nitrogens with one attached hydrogen (secondary N) is 1. The molecule has 0 bridgehead atoms. The van der Waals surface area contributed by atoms with E-state index in [0.717, 1.165) is 4.31 Å². The summed E-state index contributed by atoms with van der Waals surface area (Å²) >= 11 is 3.26. The lowest BCUT2D eigenvalue weighted by molar-refractivity contribution is -0.119. The van der Waals surface area contributed by atoms with Gasteiger partial charge >= 0.3 is 0 Å². The van der Waals surface area contributed by atoms with Crippen molar-refractivity contribution in [2.24, 2.45) is 5.84 Å². The predicted molar refractivity (Wildman–Crippen MR) is 73.3 cm³/mol. The van der Waals surface area contributed by atoms with E-state index in [0.29, 0.717) is 10.2 Å². The molecule has 100 valence electrons. The van der Waals surface area contributed by atoms with Crippen LogP contribution in [0.4, 0.5) is 5.69 Å². The van der Waals surface area contributed by atoms with Crippen molar-refractivity contribution in [3.8, 4) is 0 Å². The third kappa shape index (κ3) is 3.44. The molecule has 0 spiro atoms. The van der Waals surface area contributed by atoms with Crippen molar-refractivity contribution < 1.29 is 13.2 Å². The standard InChI is InChI=1S/C10H14BrN3O3S/c1-2-18(16,17)14(7-10(15)13-12)9-6-4-3-5-8(9)11/h3-6H,2,7,12H2,1H3,(H,13,15). The maximum atomic E-state index is 12.0. The summed E-state index contributed by atoms with van der Waals surface area (Å²) in [6.45, 7) is 1.16. The van der Waals surface area contributed by atoms with Crippen LogP contribution >= 0.6 is 15.9 Å². The van der Waals surface area contributed by atoms with E-state index in [1.807, 2.05) is 5.43 Å². The minimum atomic E-state index is -3.55. The minimum Gasteiger partial charge on any atom is -0.293 e. The van der Waals surface area contributed by atoms with Gasteiger partial charge in [-0.1, -0.05) is 12.1 Å². The Hall–Kier alpha value is -1.12. The molecule has 0 aliphatic carbocycles. The van der Waals surface area contributed by atoms with Crippen molar-refractivity contribution >= 4 is 37.5 Å². The lowest BCUT2D eigenvalue weighted by atomic mass is 10.3. The maximum absolute atomic E-state index is 12.0. The van der Waals surface area contributed by atoms with Crippen LogP contribution in [0.15, 0.2) is 28.7 Å². The second-order valence-corrected chi connectivity index (χ2v) is 6.46. The zero-order chi connectivity index (χ0) is 13.8. The number of hydrazine groups is 1. The summed E-state index contributed by atoms with van der Waals surface area (Å²) < 4.78 is 25.6. The summed E-state index contributed by atoms with van der Waals surface area (Å²) in [5.74, 6) is 4.30. The first kappa shape index (κ1) is 14.9. The average molecular weight is 336 g/mol. The molecule has 6 nitrogen and oxygen atoms in total. The second kappa shape index (κ2) is 6.17. The van der Waals surface area contributed by atoms with E-state index in [9.17, 15) is 13.2 Å². The number of para-hydroxylation sites is 1. The first-order valence-electron chi connectivity index (χ1n) is 5.16. The van der Waals surface area contributed by atoms with E-state index in [1.54, 1.807) is 24.3 Å². The molecule has 0 aliphatic heterocycles. The topological polar surface area (TPSA) is 92.5 Å². The van der Waals surface area contributed by atoms with Gasteiger partial charge in [-0.25, -0.2) is 14.3 Å². The zero-order valence-corrected chi connectivity index (χ0v) is 12.2. The Morgan fingerprint density at radius 2 is 2.06 bits per heavy atom. The Labute approximate surface area is 114 Å². The highest BCUT2D eigenvalue weighted by molar-refractivity contribution is 9.10. The highest BCUT2D eigenvalue weighted by Crippen LogP contribution is 2.27. The number of carbonyl (C=O) groups excluding carboxylic acids is 1. The van der Waals surface area contributed by atoms with Gasteiger partial charge in [0.05, 0.1) is 11.4 Å². The van der Waals surface area contributed by atoms with Crippen molar-refractivity contribution in [1.82, 2.24) is 5.43 Å². The van der Waals surface area contributed by atoms with Crippen molar-refractivity contribution in [3.05, 3.63) is 28.7 Å². The molecule has 0 fully saturated rings. The summed E-state index contributed by atoms with van der Waals surface area (Å²) in [5, 5.41) is 0. The fourth-order valence-electron chi connectivity index (χ4n) is 1.32. The van der Waals surface area contributed by atoms with Gasteiger partial charge in [0.15, 0.2) is 0 Å². The normalized spacial score (nSPS) is 11.1. The maximum Gasteiger partial charge on any atom is 0.254 e. The van der Waals surface area contributed by atoms with E-state index in [-0.39, 0.29) is 12.3 Å². The van der Waals surface area contributed by atoms with E-state index in [2.05, 4.69) is 15.9 Å². The highest BCUT2D eigenvalue weighted by atomic mass is 79.9. The van der Waals surface area contributed by atoms with Crippen LogP contribution in [0.3, 0.4) is 0 Å². The summed E-state index contributed by atoms with van der Waals surface area (Å²) in [6.07, 6.45) is 0. The number of amides is 1. The summed E-state index contributed by atoms with van der Waals surface area (Å²) in [4.78, 5) is 11.3. The van der Waals surface area contributed by atoms with Crippen LogP contribution in [0.1, 0.15) is 6.92 Å². The van der Waals surface area contributed by atoms with Crippen LogP contribution in [-0.4, -0.2) is 26.6 Å². The Morgan fingerprint density at radius 1 is 1.44 bits per heavy atom. The molecule has 0 aromatic heterocycles. The Kier molecular flexibility index (Phi) is 5.12. The SMILES string of the molecule is CCS(=O)(=O)N(CC(=O)NN)c1ccccc1Br. The molecule has 0 atom stereocenters. The summed E-state index contributed by atoms with van der Waals surface area (Å²) in [6, 6.07) is 6.76. The van der Waals surface area contributed by atoms with Crippen molar-refractivity contribution in [1.29, 1.82) is 0 Å². The zero-order valence-electron chi connectivity index (χ0n) is 9.76. The van der Waals surface area contributed by atoms with Gasteiger partial charge < -0.3 is 0 Å². The molecule has 0 heterocycles. The quantitative estimate of drug-likeness (QED) is 0.468. The highest BCUT2D eigenvalue weighted by Gasteiger charge is 2.24. The first-order chi connectivity index (χ1) is 8.42. The number of carbonyl (C=O) groups is 1. The molecule has 18 heavy (non-hydrogen) atoms. The molecule has 0 saturated carbocycles. The number of nitrogens with two attached hydrogens (primary N) is 1. The number of benzene rings is 1. The number of rotatable bonds is 5. The molecule has 3 N–H and O–H groups in total. The molecule has 0 saturated heterocycles. The van der Waals surface area contributed by atoms with Gasteiger partial charge in [-0.3, -0.25) is 14.5 Å². The van der Waals surface area contributed by atoms with Crippen molar-refractivity contribution in [2.45, 2.75) is 6.92 Å². The molecular weight excluding hydrogens is 322 g/mol. The molecule has 1 aromatic rings. The van der Waals surface area contributed by atoms with Crippen LogP contribution in [-0.2, 0) is 14.8 Å². The third-order valence-corrected chi connectivity index (χ3v) is 4.67. The fourth-order valence-corrected chi connectivity index (χ4v) is 3.02. The number of hydrogen-bond donors (Lipinski definition) is 2. The van der Waals surface area contributed by atoms with Gasteiger partial charge in [-0.2, -0.15) is 0 Å². The van der Waals surface area contributed by atoms with Crippen molar-refractivity contribution in [2.75, 3.05) is 16.6 Å². The lowest BCUT2D eigenvalue weighted by Crippen LogP contribution is -2.43. The van der Waals surface area contributed by atoms with Crippen LogP contribution in [0.5, 0.6) is 0 Å². The Morgan fingerprint density at radius 3 is 2.56 bits per heavy atom. The molecule has 0 radical (unpaired) electrons. The van der Waals surface area contributed by atoms with Crippen LogP contribution in [0.2, 0.25) is 0 Å². The number of halogens is 1. The van der Waals surface area contributed by atoms with Gasteiger partial charge in [0.25, 0.3) is 5.91 Å². The molecule has 0 unspecified atom stereocenters. The van der Waals surface area contributed by atoms with Gasteiger partial charge in [-0.05, 0) is 35.0 Å². The van der Waals surface area contributed by atoms with Crippen LogP contribution in [0.25, 0.3) is 0 Å². The van der Waals surface area contributed by atoms with E-state index in [4.69, 9.17) is 5.84 Å². The monoisotopic (exact) mass is 335 g/mol. The Balaban J connectivity index is 3.22. The number of nitrogens with zero attached hydrogens (tertiary/aromatic N) is 1. The van der Waals surface area contributed by atoms with E-state index < -0.39 is 15.9 Å². The molecule has 8 heteroatoms. The fraction of sp³-hybridized carbons (Fsp3) is 0.300. The lowest BCUT2D eigenvalue weighted by Gasteiger charge is -2.23. The van der Waals surface area contributed by atoms with E-state index >= 15 is 0 Å². The summed E-state index contributed by atoms with van der Waals surface area (Å²) in [5.41, 5.74) is 2.33. The molecule has 1 rings (SSSR count). The smallest absolute Gasteiger partial charge is 0.254 e. The van der Waals surface area contributed by atoms with Gasteiger partial charge in [0, 0.05) is 4.47 Å². The first-order valence-corrected chi connectivity index (χ1v) is 7.57. The van der Waals surface area contributed by atoms with Gasteiger partial charge in [-0.15, -0.1) is 0 Å². The molecule has 1 aromatic carbocycles. The van der Waals surface area contributed by atoms with Crippen molar-refractivity contribution in [3.63, 3.8) is 0 Å². The van der Waals surface area contributed by atoms with Crippen LogP contribution < -0.4 is 15.6 Å².